The van der Waals surface area contributed by atoms with Crippen LogP contribution >= 0.6 is 31.9 Å². The first-order chi connectivity index (χ1) is 8.33. The summed E-state index contributed by atoms with van der Waals surface area (Å²) in [6.07, 6.45) is 1.17. The highest BCUT2D eigenvalue weighted by atomic mass is 79.9. The summed E-state index contributed by atoms with van der Waals surface area (Å²) in [6.45, 7) is 8.68. The van der Waals surface area contributed by atoms with E-state index >= 15 is 0 Å². The molecule has 1 rings (SSSR count). The lowest BCUT2D eigenvalue weighted by Gasteiger charge is -2.18. The molecule has 0 aliphatic heterocycles. The zero-order chi connectivity index (χ0) is 13.8. The monoisotopic (exact) mass is 377 g/mol. The van der Waals surface area contributed by atoms with Crippen molar-refractivity contribution in [2.45, 2.75) is 33.7 Å². The molecule has 0 fully saturated rings. The molecule has 0 unspecified atom stereocenters. The van der Waals surface area contributed by atoms with Crippen LogP contribution in [0.3, 0.4) is 0 Å². The van der Waals surface area contributed by atoms with E-state index in [1.54, 1.807) is 7.11 Å². The lowest BCUT2D eigenvalue weighted by molar-refractivity contribution is 0.366. The minimum absolute atomic E-state index is 0.383. The van der Waals surface area contributed by atoms with Gasteiger partial charge in [-0.2, -0.15) is 0 Å². The Morgan fingerprint density at radius 2 is 1.72 bits per heavy atom. The molecule has 2 nitrogen and oxygen atoms in total. The molecule has 18 heavy (non-hydrogen) atoms. The fraction of sp³-hybridized carbons (Fsp3) is 0.571. The fourth-order valence-corrected chi connectivity index (χ4v) is 3.21. The molecule has 1 aromatic rings. The Bertz CT molecular complexity index is 376. The molecule has 0 bridgehead atoms. The van der Waals surface area contributed by atoms with Gasteiger partial charge in [0.15, 0.2) is 0 Å². The van der Waals surface area contributed by atoms with Crippen molar-refractivity contribution in [2.24, 2.45) is 5.41 Å². The molecule has 0 radical (unpaired) electrons. The third-order valence-electron chi connectivity index (χ3n) is 2.64. The largest absolute Gasteiger partial charge is 0.494 e. The van der Waals surface area contributed by atoms with Gasteiger partial charge in [-0.1, -0.05) is 20.8 Å². The first kappa shape index (κ1) is 16.0. The van der Waals surface area contributed by atoms with E-state index in [4.69, 9.17) is 4.74 Å². The SMILES string of the molecule is COc1c(Br)cc(CNCCC(C)(C)C)cc1Br. The molecule has 0 saturated heterocycles. The fourth-order valence-electron chi connectivity index (χ4n) is 1.61. The zero-order valence-corrected chi connectivity index (χ0v) is 14.6. The maximum absolute atomic E-state index is 5.29. The molecular weight excluding hydrogens is 358 g/mol. The van der Waals surface area contributed by atoms with Crippen molar-refractivity contribution in [3.05, 3.63) is 26.6 Å². The average molecular weight is 379 g/mol. The van der Waals surface area contributed by atoms with E-state index in [0.29, 0.717) is 5.41 Å². The summed E-state index contributed by atoms with van der Waals surface area (Å²) in [5.41, 5.74) is 1.62. The van der Waals surface area contributed by atoms with Crippen LogP contribution in [0.15, 0.2) is 21.1 Å². The molecule has 0 aromatic heterocycles. The standard InChI is InChI=1S/C14H21Br2NO/c1-14(2,3)5-6-17-9-10-7-11(15)13(18-4)12(16)8-10/h7-8,17H,5-6,9H2,1-4H3. The predicted molar refractivity (Wildman–Crippen MR) is 84.2 cm³/mol. The van der Waals surface area contributed by atoms with Crippen LogP contribution in [0.25, 0.3) is 0 Å². The van der Waals surface area contributed by atoms with Gasteiger partial charge in [0.1, 0.15) is 5.75 Å². The smallest absolute Gasteiger partial charge is 0.147 e. The summed E-state index contributed by atoms with van der Waals surface area (Å²) in [7, 11) is 1.67. The summed E-state index contributed by atoms with van der Waals surface area (Å²) in [6, 6.07) is 4.18. The first-order valence-corrected chi connectivity index (χ1v) is 7.65. The Morgan fingerprint density at radius 3 is 2.17 bits per heavy atom. The first-order valence-electron chi connectivity index (χ1n) is 6.06. The van der Waals surface area contributed by atoms with Crippen LogP contribution in [0.1, 0.15) is 32.8 Å². The van der Waals surface area contributed by atoms with Crippen molar-refractivity contribution in [3.8, 4) is 5.75 Å². The molecular formula is C14H21Br2NO. The minimum Gasteiger partial charge on any atom is -0.494 e. The third-order valence-corrected chi connectivity index (χ3v) is 3.82. The number of nitrogens with one attached hydrogen (secondary N) is 1. The third kappa shape index (κ3) is 5.29. The van der Waals surface area contributed by atoms with E-state index < -0.39 is 0 Å². The number of benzene rings is 1. The molecule has 0 aliphatic carbocycles. The highest BCUT2D eigenvalue weighted by Crippen LogP contribution is 2.34. The Labute approximate surface area is 127 Å². The van der Waals surface area contributed by atoms with Gasteiger partial charge in [0.25, 0.3) is 0 Å². The summed E-state index contributed by atoms with van der Waals surface area (Å²) >= 11 is 7.03. The van der Waals surface area contributed by atoms with Gasteiger partial charge in [-0.3, -0.25) is 0 Å². The zero-order valence-electron chi connectivity index (χ0n) is 11.4. The number of ether oxygens (including phenoxy) is 1. The molecule has 0 spiro atoms. The van der Waals surface area contributed by atoms with Crippen LogP contribution in [0, 0.1) is 5.41 Å². The average Bonchev–Trinajstić information content (AvgIpc) is 2.23. The van der Waals surface area contributed by atoms with Crippen molar-refractivity contribution < 1.29 is 4.74 Å². The number of hydrogen-bond donors (Lipinski definition) is 1. The van der Waals surface area contributed by atoms with Gasteiger partial charge in [-0.25, -0.2) is 0 Å². The Balaban J connectivity index is 2.54. The minimum atomic E-state index is 0.383. The molecule has 0 amide bonds. The van der Waals surface area contributed by atoms with Crippen LogP contribution < -0.4 is 10.1 Å². The van der Waals surface area contributed by atoms with Gasteiger partial charge in [0.05, 0.1) is 16.1 Å². The normalized spacial score (nSPS) is 11.7. The second-order valence-electron chi connectivity index (χ2n) is 5.58. The maximum Gasteiger partial charge on any atom is 0.147 e. The summed E-state index contributed by atoms with van der Waals surface area (Å²) in [5, 5.41) is 3.47. The van der Waals surface area contributed by atoms with Crippen LogP contribution in [0.5, 0.6) is 5.75 Å². The Morgan fingerprint density at radius 1 is 1.17 bits per heavy atom. The van der Waals surface area contributed by atoms with Gasteiger partial charge < -0.3 is 10.1 Å². The molecule has 1 N–H and O–H groups in total. The number of halogens is 2. The van der Waals surface area contributed by atoms with Gasteiger partial charge in [0, 0.05) is 6.54 Å². The van der Waals surface area contributed by atoms with Crippen molar-refractivity contribution in [1.82, 2.24) is 5.32 Å². The quantitative estimate of drug-likeness (QED) is 0.746. The van der Waals surface area contributed by atoms with Crippen LogP contribution in [-0.4, -0.2) is 13.7 Å². The van der Waals surface area contributed by atoms with Crippen LogP contribution in [0.4, 0.5) is 0 Å². The van der Waals surface area contributed by atoms with Gasteiger partial charge in [0.2, 0.25) is 0 Å². The molecule has 0 heterocycles. The summed E-state index contributed by atoms with van der Waals surface area (Å²) in [5.74, 6) is 0.841. The topological polar surface area (TPSA) is 21.3 Å². The van der Waals surface area contributed by atoms with Gasteiger partial charge >= 0.3 is 0 Å². The van der Waals surface area contributed by atoms with Gasteiger partial charge in [-0.15, -0.1) is 0 Å². The molecule has 1 aromatic carbocycles. The molecule has 0 saturated carbocycles. The number of methoxy groups -OCH3 is 1. The van der Waals surface area contributed by atoms with Crippen molar-refractivity contribution >= 4 is 31.9 Å². The van der Waals surface area contributed by atoms with Crippen LogP contribution in [0.2, 0.25) is 0 Å². The number of hydrogen-bond acceptors (Lipinski definition) is 2. The van der Waals surface area contributed by atoms with E-state index in [2.05, 4.69) is 70.1 Å². The summed E-state index contributed by atoms with van der Waals surface area (Å²) in [4.78, 5) is 0. The van der Waals surface area contributed by atoms with E-state index in [0.717, 1.165) is 27.8 Å². The Hall–Kier alpha value is -0.0600. The summed E-state index contributed by atoms with van der Waals surface area (Å²) < 4.78 is 7.24. The van der Waals surface area contributed by atoms with Crippen molar-refractivity contribution in [2.75, 3.05) is 13.7 Å². The van der Waals surface area contributed by atoms with Crippen molar-refractivity contribution in [3.63, 3.8) is 0 Å². The van der Waals surface area contributed by atoms with E-state index in [1.165, 1.54) is 12.0 Å². The van der Waals surface area contributed by atoms with E-state index in [1.807, 2.05) is 0 Å². The number of rotatable bonds is 5. The molecule has 0 atom stereocenters. The lowest BCUT2D eigenvalue weighted by atomic mass is 9.92. The maximum atomic E-state index is 5.29. The Kier molecular flexibility index (Phi) is 6.15. The molecule has 0 aliphatic rings. The highest BCUT2D eigenvalue weighted by molar-refractivity contribution is 9.11. The molecule has 102 valence electrons. The second kappa shape index (κ2) is 6.92. The van der Waals surface area contributed by atoms with E-state index in [9.17, 15) is 0 Å². The predicted octanol–water partition coefficient (Wildman–Crippen LogP) is 4.75. The van der Waals surface area contributed by atoms with Gasteiger partial charge in [-0.05, 0) is 67.9 Å². The van der Waals surface area contributed by atoms with Crippen LogP contribution in [-0.2, 0) is 6.54 Å². The second-order valence-corrected chi connectivity index (χ2v) is 7.29. The molecule has 4 heteroatoms. The highest BCUT2D eigenvalue weighted by Gasteiger charge is 2.10. The van der Waals surface area contributed by atoms with Crippen molar-refractivity contribution in [1.29, 1.82) is 0 Å². The lowest BCUT2D eigenvalue weighted by Crippen LogP contribution is -2.20. The van der Waals surface area contributed by atoms with E-state index in [-0.39, 0.29) is 0 Å².